The number of rotatable bonds is 10. The predicted octanol–water partition coefficient (Wildman–Crippen LogP) is 6.04. The van der Waals surface area contributed by atoms with Crippen LogP contribution in [0.5, 0.6) is 0 Å². The number of sulfonamides is 1. The third kappa shape index (κ3) is 6.89. The molecule has 0 fully saturated rings. The third-order valence-electron chi connectivity index (χ3n) is 5.76. The minimum absolute atomic E-state index is 0.0288. The number of carbonyl (C=O) groups is 1. The fourth-order valence-corrected chi connectivity index (χ4v) is 6.84. The van der Waals surface area contributed by atoms with Gasteiger partial charge in [0.15, 0.2) is 15.6 Å². The second-order valence-corrected chi connectivity index (χ2v) is 13.3. The van der Waals surface area contributed by atoms with Crippen molar-refractivity contribution in [3.63, 3.8) is 0 Å². The lowest BCUT2D eigenvalue weighted by Crippen LogP contribution is -2.30. The van der Waals surface area contributed by atoms with Crippen molar-refractivity contribution in [2.75, 3.05) is 5.75 Å². The summed E-state index contributed by atoms with van der Waals surface area (Å²) in [4.78, 5) is 12.8. The van der Waals surface area contributed by atoms with Gasteiger partial charge in [0.25, 0.3) is 0 Å². The van der Waals surface area contributed by atoms with E-state index in [4.69, 9.17) is 23.2 Å². The number of hydrogen-bond acceptors (Lipinski definition) is 5. The maximum absolute atomic E-state index is 13.5. The molecular formula is C28H23Cl2NO5S2. The van der Waals surface area contributed by atoms with Gasteiger partial charge in [-0.1, -0.05) is 83.9 Å². The second-order valence-electron chi connectivity index (χ2n) is 8.55. The van der Waals surface area contributed by atoms with E-state index < -0.39 is 31.4 Å². The molecular weight excluding hydrogens is 565 g/mol. The van der Waals surface area contributed by atoms with Crippen LogP contribution in [0.2, 0.25) is 10.0 Å². The number of halogens is 2. The van der Waals surface area contributed by atoms with E-state index in [9.17, 15) is 21.6 Å². The Morgan fingerprint density at radius 3 is 1.84 bits per heavy atom. The largest absolute Gasteiger partial charge is 0.293 e. The summed E-state index contributed by atoms with van der Waals surface area (Å²) in [5.74, 6) is -1.29. The van der Waals surface area contributed by atoms with E-state index >= 15 is 0 Å². The third-order valence-corrected chi connectivity index (χ3v) is 9.67. The molecule has 0 amide bonds. The zero-order chi connectivity index (χ0) is 27.3. The van der Waals surface area contributed by atoms with Gasteiger partial charge in [-0.05, 0) is 53.6 Å². The zero-order valence-corrected chi connectivity index (χ0v) is 23.1. The molecule has 4 aromatic rings. The SMILES string of the molecule is O=C(CS(=O)(=O)c1cccc(Cl)c1)c1ccc(CN(Cc2ccccc2)S(=O)(=O)c2ccc(Cl)cc2)cc1. The minimum Gasteiger partial charge on any atom is -0.293 e. The molecule has 196 valence electrons. The highest BCUT2D eigenvalue weighted by Crippen LogP contribution is 2.23. The normalized spacial score (nSPS) is 12.0. The van der Waals surface area contributed by atoms with Crippen molar-refractivity contribution < 1.29 is 21.6 Å². The first kappa shape index (κ1) is 28.0. The molecule has 0 aliphatic heterocycles. The number of benzene rings is 4. The molecule has 38 heavy (non-hydrogen) atoms. The average Bonchev–Trinajstić information content (AvgIpc) is 2.89. The van der Waals surface area contributed by atoms with Gasteiger partial charge < -0.3 is 0 Å². The Bertz CT molecular complexity index is 1640. The van der Waals surface area contributed by atoms with Crippen molar-refractivity contribution >= 4 is 48.8 Å². The van der Waals surface area contributed by atoms with Gasteiger partial charge >= 0.3 is 0 Å². The maximum atomic E-state index is 13.5. The highest BCUT2D eigenvalue weighted by Gasteiger charge is 2.26. The quantitative estimate of drug-likeness (QED) is 0.211. The number of ketones is 1. The van der Waals surface area contributed by atoms with Gasteiger partial charge in [-0.25, -0.2) is 16.8 Å². The van der Waals surface area contributed by atoms with E-state index in [1.54, 1.807) is 18.2 Å². The highest BCUT2D eigenvalue weighted by molar-refractivity contribution is 7.92. The molecule has 0 unspecified atom stereocenters. The number of nitrogens with zero attached hydrogens (tertiary/aromatic N) is 1. The van der Waals surface area contributed by atoms with Gasteiger partial charge in [0, 0.05) is 28.7 Å². The topological polar surface area (TPSA) is 88.6 Å². The summed E-state index contributed by atoms with van der Waals surface area (Å²) < 4.78 is 53.6. The van der Waals surface area contributed by atoms with Crippen molar-refractivity contribution in [1.82, 2.24) is 4.31 Å². The first-order chi connectivity index (χ1) is 18.0. The van der Waals surface area contributed by atoms with Gasteiger partial charge in [0.1, 0.15) is 5.75 Å². The molecule has 10 heteroatoms. The first-order valence-electron chi connectivity index (χ1n) is 11.4. The van der Waals surface area contributed by atoms with Crippen LogP contribution in [-0.2, 0) is 33.0 Å². The van der Waals surface area contributed by atoms with Gasteiger partial charge in [0.05, 0.1) is 9.79 Å². The zero-order valence-electron chi connectivity index (χ0n) is 20.0. The van der Waals surface area contributed by atoms with Crippen LogP contribution in [0, 0.1) is 0 Å². The summed E-state index contributed by atoms with van der Waals surface area (Å²) in [6, 6.07) is 27.1. The average molecular weight is 589 g/mol. The summed E-state index contributed by atoms with van der Waals surface area (Å²) in [6.45, 7) is 0.166. The number of carbonyl (C=O) groups excluding carboxylic acids is 1. The standard InChI is InChI=1S/C28H23Cl2NO5S2/c29-24-13-15-26(16-14-24)38(35,36)31(18-21-5-2-1-3-6-21)19-22-9-11-23(12-10-22)28(32)20-37(33,34)27-8-4-7-25(30)17-27/h1-17H,18-20H2. The van der Waals surface area contributed by atoms with Crippen LogP contribution in [0.15, 0.2) is 113 Å². The molecule has 0 saturated heterocycles. The maximum Gasteiger partial charge on any atom is 0.243 e. The van der Waals surface area contributed by atoms with Crippen molar-refractivity contribution in [3.05, 3.63) is 130 Å². The summed E-state index contributed by atoms with van der Waals surface area (Å²) in [5, 5.41) is 0.688. The fourth-order valence-electron chi connectivity index (χ4n) is 3.77. The highest BCUT2D eigenvalue weighted by atomic mass is 35.5. The molecule has 0 bridgehead atoms. The lowest BCUT2D eigenvalue weighted by atomic mass is 10.1. The summed E-state index contributed by atoms with van der Waals surface area (Å²) in [5.41, 5.74) is 1.64. The Morgan fingerprint density at radius 1 is 0.632 bits per heavy atom. The van der Waals surface area contributed by atoms with E-state index in [1.807, 2.05) is 30.3 Å². The van der Waals surface area contributed by atoms with Gasteiger partial charge in [-0.15, -0.1) is 0 Å². The smallest absolute Gasteiger partial charge is 0.243 e. The molecule has 0 aliphatic rings. The molecule has 4 rings (SSSR count). The summed E-state index contributed by atoms with van der Waals surface area (Å²) in [6.07, 6.45) is 0. The molecule has 0 heterocycles. The van der Waals surface area contributed by atoms with E-state index in [2.05, 4.69) is 0 Å². The van der Waals surface area contributed by atoms with Crippen LogP contribution in [0.4, 0.5) is 0 Å². The molecule has 4 aromatic carbocycles. The fraction of sp³-hybridized carbons (Fsp3) is 0.107. The monoisotopic (exact) mass is 587 g/mol. The Balaban J connectivity index is 1.55. The van der Waals surface area contributed by atoms with E-state index in [0.29, 0.717) is 10.6 Å². The predicted molar refractivity (Wildman–Crippen MR) is 149 cm³/mol. The number of Topliss-reactive ketones (excluding diaryl/α,β-unsaturated/α-hetero) is 1. The lowest BCUT2D eigenvalue weighted by Gasteiger charge is -2.23. The van der Waals surface area contributed by atoms with E-state index in [0.717, 1.165) is 5.56 Å². The van der Waals surface area contributed by atoms with Gasteiger partial charge in [-0.2, -0.15) is 4.31 Å². The lowest BCUT2D eigenvalue weighted by molar-refractivity contribution is 0.102. The second kappa shape index (κ2) is 11.8. The van der Waals surface area contributed by atoms with Crippen LogP contribution in [0.25, 0.3) is 0 Å². The van der Waals surface area contributed by atoms with Crippen molar-refractivity contribution in [3.8, 4) is 0 Å². The summed E-state index contributed by atoms with van der Waals surface area (Å²) >= 11 is 11.8. The van der Waals surface area contributed by atoms with Crippen LogP contribution < -0.4 is 0 Å². The Morgan fingerprint density at radius 2 is 1.24 bits per heavy atom. The number of hydrogen-bond donors (Lipinski definition) is 0. The van der Waals surface area contributed by atoms with Gasteiger partial charge in [-0.3, -0.25) is 4.79 Å². The van der Waals surface area contributed by atoms with Crippen LogP contribution in [0.3, 0.4) is 0 Å². The Hall–Kier alpha value is -3.01. The molecule has 0 saturated carbocycles. The van der Waals surface area contributed by atoms with Crippen molar-refractivity contribution in [2.45, 2.75) is 22.9 Å². The van der Waals surface area contributed by atoms with Crippen molar-refractivity contribution in [1.29, 1.82) is 0 Å². The minimum atomic E-state index is -3.88. The molecule has 0 spiro atoms. The summed E-state index contributed by atoms with van der Waals surface area (Å²) in [7, 11) is -7.76. The van der Waals surface area contributed by atoms with Crippen LogP contribution in [-0.4, -0.2) is 32.7 Å². The molecule has 0 atom stereocenters. The Labute approximate surface area is 232 Å². The molecule has 0 aromatic heterocycles. The molecule has 0 radical (unpaired) electrons. The van der Waals surface area contributed by atoms with E-state index in [-0.39, 0.29) is 33.5 Å². The van der Waals surface area contributed by atoms with Gasteiger partial charge in [0.2, 0.25) is 10.0 Å². The van der Waals surface area contributed by atoms with E-state index in [1.165, 1.54) is 58.9 Å². The first-order valence-corrected chi connectivity index (χ1v) is 15.3. The molecule has 0 N–H and O–H groups in total. The van der Waals surface area contributed by atoms with Crippen LogP contribution in [0.1, 0.15) is 21.5 Å². The molecule has 6 nitrogen and oxygen atoms in total. The van der Waals surface area contributed by atoms with Crippen LogP contribution >= 0.6 is 23.2 Å². The number of sulfone groups is 1. The molecule has 0 aliphatic carbocycles. The Kier molecular flexibility index (Phi) is 8.70. The van der Waals surface area contributed by atoms with Crippen molar-refractivity contribution in [2.24, 2.45) is 0 Å².